The Balaban J connectivity index is 1.42. The van der Waals surface area contributed by atoms with Crippen molar-refractivity contribution in [1.82, 2.24) is 14.9 Å². The SMILES string of the molecule is C[C@]12CCC[C@](C)(C(=O)O)C1CC[C@@]1(C)C3=C(CCC21)CN(CCc1cnc[nH]1)C3=O. The molecule has 4 aliphatic rings. The fraction of sp³-hybridized carbons (Fsp3) is 0.720. The van der Waals surface area contributed by atoms with Crippen molar-refractivity contribution in [2.75, 3.05) is 13.1 Å². The first-order chi connectivity index (χ1) is 14.7. The topological polar surface area (TPSA) is 86.3 Å². The summed E-state index contributed by atoms with van der Waals surface area (Å²) in [5.74, 6) is 0.165. The number of rotatable bonds is 4. The smallest absolute Gasteiger partial charge is 0.309 e. The van der Waals surface area contributed by atoms with Crippen molar-refractivity contribution in [3.05, 3.63) is 29.4 Å². The zero-order valence-electron chi connectivity index (χ0n) is 19.0. The molecule has 2 saturated carbocycles. The van der Waals surface area contributed by atoms with Crippen LogP contribution in [0, 0.1) is 28.1 Å². The Labute approximate surface area is 184 Å². The zero-order valence-corrected chi connectivity index (χ0v) is 19.0. The van der Waals surface area contributed by atoms with E-state index in [0.717, 1.165) is 69.2 Å². The molecular weight excluding hydrogens is 390 g/mol. The number of carbonyl (C=O) groups is 2. The van der Waals surface area contributed by atoms with Crippen LogP contribution in [0.25, 0.3) is 0 Å². The fourth-order valence-corrected chi connectivity index (χ4v) is 8.25. The summed E-state index contributed by atoms with van der Waals surface area (Å²) < 4.78 is 0. The molecule has 6 heteroatoms. The Bertz CT molecular complexity index is 938. The largest absolute Gasteiger partial charge is 0.481 e. The van der Waals surface area contributed by atoms with Gasteiger partial charge < -0.3 is 15.0 Å². The van der Waals surface area contributed by atoms with Gasteiger partial charge in [0, 0.05) is 42.4 Å². The average Bonchev–Trinajstić information content (AvgIpc) is 3.34. The van der Waals surface area contributed by atoms with Crippen molar-refractivity contribution >= 4 is 11.9 Å². The highest BCUT2D eigenvalue weighted by molar-refractivity contribution is 5.98. The molecule has 0 radical (unpaired) electrons. The van der Waals surface area contributed by atoms with Crippen LogP contribution in [0.15, 0.2) is 23.7 Å². The van der Waals surface area contributed by atoms with Crippen LogP contribution in [-0.4, -0.2) is 44.9 Å². The molecule has 3 aliphatic carbocycles. The van der Waals surface area contributed by atoms with Gasteiger partial charge in [0.15, 0.2) is 0 Å². The van der Waals surface area contributed by atoms with Gasteiger partial charge in [-0.25, -0.2) is 4.98 Å². The van der Waals surface area contributed by atoms with Crippen LogP contribution >= 0.6 is 0 Å². The zero-order chi connectivity index (χ0) is 22.0. The predicted octanol–water partition coefficient (Wildman–Crippen LogP) is 4.20. The molecular formula is C25H35N3O3. The normalized spacial score (nSPS) is 39.8. The van der Waals surface area contributed by atoms with E-state index in [1.54, 1.807) is 6.33 Å². The number of amides is 1. The summed E-state index contributed by atoms with van der Waals surface area (Å²) in [6.07, 6.45) is 11.0. The van der Waals surface area contributed by atoms with E-state index in [9.17, 15) is 14.7 Å². The molecule has 5 atom stereocenters. The van der Waals surface area contributed by atoms with E-state index in [2.05, 4.69) is 23.8 Å². The van der Waals surface area contributed by atoms with E-state index < -0.39 is 11.4 Å². The molecule has 0 saturated heterocycles. The van der Waals surface area contributed by atoms with E-state index in [0.29, 0.717) is 12.5 Å². The monoisotopic (exact) mass is 425 g/mol. The van der Waals surface area contributed by atoms with Crippen LogP contribution in [0.3, 0.4) is 0 Å². The van der Waals surface area contributed by atoms with Crippen molar-refractivity contribution in [1.29, 1.82) is 0 Å². The molecule has 1 aromatic heterocycles. The number of aromatic amines is 1. The van der Waals surface area contributed by atoms with Gasteiger partial charge in [-0.2, -0.15) is 0 Å². The van der Waals surface area contributed by atoms with Crippen molar-refractivity contribution < 1.29 is 14.7 Å². The van der Waals surface area contributed by atoms with Crippen molar-refractivity contribution in [3.63, 3.8) is 0 Å². The number of carboxylic acids is 1. The summed E-state index contributed by atoms with van der Waals surface area (Å²) in [4.78, 5) is 35.1. The minimum atomic E-state index is -0.640. The van der Waals surface area contributed by atoms with Gasteiger partial charge >= 0.3 is 5.97 Å². The summed E-state index contributed by atoms with van der Waals surface area (Å²) in [7, 11) is 0. The number of carbonyl (C=O) groups excluding carboxylic acids is 1. The number of nitrogens with one attached hydrogen (secondary N) is 1. The lowest BCUT2D eigenvalue weighted by molar-refractivity contribution is -0.175. The van der Waals surface area contributed by atoms with E-state index in [1.807, 2.05) is 18.0 Å². The molecule has 31 heavy (non-hydrogen) atoms. The third-order valence-electron chi connectivity index (χ3n) is 9.73. The molecule has 2 N–H and O–H groups in total. The number of hydrogen-bond donors (Lipinski definition) is 2. The number of carboxylic acid groups (broad SMARTS) is 1. The summed E-state index contributed by atoms with van der Waals surface area (Å²) in [5.41, 5.74) is 2.70. The van der Waals surface area contributed by atoms with Crippen molar-refractivity contribution in [3.8, 4) is 0 Å². The number of aliphatic carboxylic acids is 1. The maximum atomic E-state index is 13.6. The first-order valence-electron chi connectivity index (χ1n) is 11.9. The van der Waals surface area contributed by atoms with E-state index in [4.69, 9.17) is 0 Å². The summed E-state index contributed by atoms with van der Waals surface area (Å²) in [5, 5.41) is 10.1. The Hall–Kier alpha value is -2.11. The molecule has 0 aromatic carbocycles. The number of imidazole rings is 1. The second-order valence-corrected chi connectivity index (χ2v) is 11.2. The van der Waals surface area contributed by atoms with Crippen molar-refractivity contribution in [2.24, 2.45) is 28.1 Å². The van der Waals surface area contributed by atoms with Crippen LogP contribution in [0.2, 0.25) is 0 Å². The number of nitrogens with zero attached hydrogens (tertiary/aromatic N) is 2. The molecule has 6 nitrogen and oxygen atoms in total. The lowest BCUT2D eigenvalue weighted by Crippen LogP contribution is -2.59. The Morgan fingerprint density at radius 3 is 2.74 bits per heavy atom. The highest BCUT2D eigenvalue weighted by Crippen LogP contribution is 2.69. The Kier molecular flexibility index (Phi) is 4.65. The second kappa shape index (κ2) is 6.94. The van der Waals surface area contributed by atoms with Gasteiger partial charge in [0.25, 0.3) is 5.91 Å². The van der Waals surface area contributed by atoms with E-state index in [1.165, 1.54) is 5.57 Å². The molecule has 2 fully saturated rings. The number of aromatic nitrogens is 2. The van der Waals surface area contributed by atoms with Crippen LogP contribution in [0.4, 0.5) is 0 Å². The van der Waals surface area contributed by atoms with E-state index in [-0.39, 0.29) is 22.7 Å². The van der Waals surface area contributed by atoms with Gasteiger partial charge in [0.2, 0.25) is 0 Å². The Morgan fingerprint density at radius 2 is 2.03 bits per heavy atom. The van der Waals surface area contributed by atoms with Gasteiger partial charge in [-0.3, -0.25) is 9.59 Å². The first-order valence-corrected chi connectivity index (χ1v) is 11.9. The average molecular weight is 426 g/mol. The third kappa shape index (κ3) is 2.86. The first kappa shape index (κ1) is 20.8. The highest BCUT2D eigenvalue weighted by atomic mass is 16.4. The third-order valence-corrected chi connectivity index (χ3v) is 9.73. The maximum Gasteiger partial charge on any atom is 0.309 e. The molecule has 2 heterocycles. The minimum Gasteiger partial charge on any atom is -0.481 e. The van der Waals surface area contributed by atoms with Gasteiger partial charge in [-0.15, -0.1) is 0 Å². The second-order valence-electron chi connectivity index (χ2n) is 11.2. The molecule has 1 aliphatic heterocycles. The molecule has 2 unspecified atom stereocenters. The molecule has 1 amide bonds. The van der Waals surface area contributed by atoms with Gasteiger partial charge in [0.1, 0.15) is 0 Å². The van der Waals surface area contributed by atoms with Crippen LogP contribution in [0.5, 0.6) is 0 Å². The Morgan fingerprint density at radius 1 is 1.23 bits per heavy atom. The number of fused-ring (bicyclic) bond motifs is 4. The summed E-state index contributed by atoms with van der Waals surface area (Å²) >= 11 is 0. The van der Waals surface area contributed by atoms with Crippen LogP contribution < -0.4 is 0 Å². The molecule has 1 aromatic rings. The quantitative estimate of drug-likeness (QED) is 0.757. The lowest BCUT2D eigenvalue weighted by Gasteiger charge is -2.63. The minimum absolute atomic E-state index is 0.0134. The maximum absolute atomic E-state index is 13.6. The predicted molar refractivity (Wildman–Crippen MR) is 117 cm³/mol. The molecule has 168 valence electrons. The lowest BCUT2D eigenvalue weighted by atomic mass is 9.40. The fourth-order valence-electron chi connectivity index (χ4n) is 8.25. The molecule has 5 rings (SSSR count). The van der Waals surface area contributed by atoms with E-state index >= 15 is 0 Å². The highest BCUT2D eigenvalue weighted by Gasteiger charge is 2.64. The summed E-state index contributed by atoms with van der Waals surface area (Å²) in [6.45, 7) is 8.12. The number of hydrogen-bond acceptors (Lipinski definition) is 3. The molecule has 0 bridgehead atoms. The van der Waals surface area contributed by atoms with Crippen LogP contribution in [-0.2, 0) is 16.0 Å². The van der Waals surface area contributed by atoms with Crippen molar-refractivity contribution in [2.45, 2.75) is 72.1 Å². The van der Waals surface area contributed by atoms with Gasteiger partial charge in [0.05, 0.1) is 11.7 Å². The van der Waals surface area contributed by atoms with Gasteiger partial charge in [-0.05, 0) is 68.3 Å². The standard InChI is InChI=1S/C25H35N3O3/c1-23-9-4-10-25(3,22(30)31)19(23)7-11-24(2)18(23)6-5-16-14-28(21(29)20(16)24)12-8-17-13-26-15-27-17/h13,15,18-19H,4-12,14H2,1-3H3,(H,26,27)(H,30,31)/t18?,19?,23-,24-,25+/m1/s1. The molecule has 0 spiro atoms. The van der Waals surface area contributed by atoms with Crippen LogP contribution in [0.1, 0.15) is 71.4 Å². The van der Waals surface area contributed by atoms with Gasteiger partial charge in [-0.1, -0.05) is 20.3 Å². The summed E-state index contributed by atoms with van der Waals surface area (Å²) in [6, 6.07) is 0. The number of H-pyrrole nitrogens is 1.